The molecule has 1 rings (SSSR count). The van der Waals surface area contributed by atoms with Gasteiger partial charge >= 0.3 is 18.1 Å². The molecular weight excluding hydrogens is 217 g/mol. The molecule has 15 heavy (non-hydrogen) atoms. The van der Waals surface area contributed by atoms with Crippen molar-refractivity contribution in [2.75, 3.05) is 0 Å². The van der Waals surface area contributed by atoms with Gasteiger partial charge in [-0.15, -0.1) is 4.73 Å². The van der Waals surface area contributed by atoms with Crippen molar-refractivity contribution < 1.29 is 27.4 Å². The first-order valence-corrected chi connectivity index (χ1v) is 3.58. The molecule has 0 aliphatic carbocycles. The van der Waals surface area contributed by atoms with Crippen LogP contribution in [0.3, 0.4) is 0 Å². The largest absolute Gasteiger partial charge is 0.616 e. The average molecular weight is 222 g/mol. The third kappa shape index (κ3) is 2.73. The summed E-state index contributed by atoms with van der Waals surface area (Å²) in [5.74, 6) is -0.822. The summed E-state index contributed by atoms with van der Waals surface area (Å²) in [4.78, 5) is 10.2. The number of alkyl halides is 3. The summed E-state index contributed by atoms with van der Waals surface area (Å²) in [6.45, 7) is 0. The van der Waals surface area contributed by atoms with Gasteiger partial charge in [0.1, 0.15) is 0 Å². The maximum absolute atomic E-state index is 12.2. The molecule has 1 heterocycles. The van der Waals surface area contributed by atoms with Crippen molar-refractivity contribution in [3.8, 4) is 5.88 Å². The van der Waals surface area contributed by atoms with Crippen LogP contribution in [0.4, 0.5) is 18.0 Å². The number of pyridine rings is 1. The number of nitrogens with zero attached hydrogens (tertiary/aromatic N) is 1. The van der Waals surface area contributed by atoms with Crippen molar-refractivity contribution in [3.63, 3.8) is 0 Å². The molecular formula is C7H5F3N2O3. The van der Waals surface area contributed by atoms with Crippen LogP contribution < -0.4 is 15.2 Å². The predicted molar refractivity (Wildman–Crippen MR) is 40.6 cm³/mol. The summed E-state index contributed by atoms with van der Waals surface area (Å²) in [5, 5.41) is 10.9. The number of halogens is 3. The lowest BCUT2D eigenvalue weighted by Crippen LogP contribution is -2.32. The van der Waals surface area contributed by atoms with Crippen molar-refractivity contribution in [3.05, 3.63) is 29.1 Å². The summed E-state index contributed by atoms with van der Waals surface area (Å²) in [5.41, 5.74) is 3.45. The van der Waals surface area contributed by atoms with Crippen LogP contribution in [0.5, 0.6) is 5.88 Å². The second-order valence-electron chi connectivity index (χ2n) is 2.50. The lowest BCUT2D eigenvalue weighted by Gasteiger charge is -2.07. The van der Waals surface area contributed by atoms with Gasteiger partial charge in [-0.2, -0.15) is 13.2 Å². The molecule has 0 atom stereocenters. The summed E-state index contributed by atoms with van der Waals surface area (Å²) in [6.07, 6.45) is -5.41. The number of carbonyl (C=O) groups excluding carboxylic acids is 1. The molecule has 5 nitrogen and oxygen atoms in total. The Balaban J connectivity index is 3.11. The van der Waals surface area contributed by atoms with Crippen molar-refractivity contribution in [2.45, 2.75) is 6.18 Å². The zero-order valence-corrected chi connectivity index (χ0v) is 7.12. The first kappa shape index (κ1) is 11.1. The van der Waals surface area contributed by atoms with Gasteiger partial charge in [0.15, 0.2) is 6.20 Å². The Kier molecular flexibility index (Phi) is 2.69. The molecule has 0 aromatic carbocycles. The highest BCUT2D eigenvalue weighted by Crippen LogP contribution is 2.29. The number of primary amides is 1. The van der Waals surface area contributed by atoms with Gasteiger partial charge in [0.2, 0.25) is 0 Å². The summed E-state index contributed by atoms with van der Waals surface area (Å²) in [6, 6.07) is 0.943. The number of ether oxygens (including phenoxy) is 1. The number of nitrogens with two attached hydrogens (primary N) is 1. The Bertz CT molecular complexity index is 392. The van der Waals surface area contributed by atoms with Gasteiger partial charge in [0, 0.05) is 6.07 Å². The molecule has 0 saturated carbocycles. The normalized spacial score (nSPS) is 11.1. The van der Waals surface area contributed by atoms with Crippen molar-refractivity contribution >= 4 is 6.09 Å². The lowest BCUT2D eigenvalue weighted by atomic mass is 10.2. The molecule has 0 saturated heterocycles. The molecule has 0 radical (unpaired) electrons. The van der Waals surface area contributed by atoms with E-state index in [-0.39, 0.29) is 4.73 Å². The van der Waals surface area contributed by atoms with Crippen LogP contribution in [0.1, 0.15) is 5.56 Å². The van der Waals surface area contributed by atoms with Crippen LogP contribution in [-0.2, 0) is 6.18 Å². The van der Waals surface area contributed by atoms with Gasteiger partial charge in [-0.05, 0) is 0 Å². The predicted octanol–water partition coefficient (Wildman–Crippen LogP) is 0.796. The standard InChI is InChI=1S/C7H5F3N2O3/c8-7(9,10)4-1-2-12(14)5(3-4)15-6(11)13/h1-3H,(H2,11,13). The van der Waals surface area contributed by atoms with Crippen LogP contribution in [0, 0.1) is 5.21 Å². The minimum Gasteiger partial charge on any atom is -0.616 e. The summed E-state index contributed by atoms with van der Waals surface area (Å²) in [7, 11) is 0. The van der Waals surface area contributed by atoms with E-state index in [1.165, 1.54) is 0 Å². The first-order valence-electron chi connectivity index (χ1n) is 3.58. The number of aromatic nitrogens is 1. The van der Waals surface area contributed by atoms with Crippen LogP contribution in [0.2, 0.25) is 0 Å². The summed E-state index contributed by atoms with van der Waals surface area (Å²) < 4.78 is 40.5. The number of rotatable bonds is 1. The molecule has 2 N–H and O–H groups in total. The molecule has 0 bridgehead atoms. The van der Waals surface area contributed by atoms with Crippen molar-refractivity contribution in [1.82, 2.24) is 0 Å². The fourth-order valence-electron chi connectivity index (χ4n) is 0.820. The molecule has 82 valence electrons. The van der Waals surface area contributed by atoms with E-state index in [0.29, 0.717) is 18.3 Å². The molecule has 0 fully saturated rings. The first-order chi connectivity index (χ1) is 6.80. The maximum atomic E-state index is 12.2. The van der Waals surface area contributed by atoms with Crippen LogP contribution in [0.25, 0.3) is 0 Å². The SMILES string of the molecule is NC(=O)Oc1cc(C(F)(F)F)cc[n+]1[O-]. The Morgan fingerprint density at radius 2 is 2.13 bits per heavy atom. The third-order valence-corrected chi connectivity index (χ3v) is 1.42. The van der Waals surface area contributed by atoms with Gasteiger partial charge in [0.25, 0.3) is 0 Å². The van der Waals surface area contributed by atoms with E-state index in [1.807, 2.05) is 0 Å². The van der Waals surface area contributed by atoms with E-state index in [4.69, 9.17) is 0 Å². The number of hydrogen-bond donors (Lipinski definition) is 1. The Hall–Kier alpha value is -1.99. The van der Waals surface area contributed by atoms with Gasteiger partial charge in [-0.3, -0.25) is 0 Å². The number of carbonyl (C=O) groups is 1. The van der Waals surface area contributed by atoms with Crippen LogP contribution >= 0.6 is 0 Å². The van der Waals surface area contributed by atoms with Gasteiger partial charge in [-0.1, -0.05) is 0 Å². The Morgan fingerprint density at radius 3 is 2.60 bits per heavy atom. The van der Waals surface area contributed by atoms with Crippen LogP contribution in [0.15, 0.2) is 18.3 Å². The van der Waals surface area contributed by atoms with E-state index in [2.05, 4.69) is 10.5 Å². The highest BCUT2D eigenvalue weighted by Gasteiger charge is 2.33. The molecule has 0 aliphatic rings. The number of hydrogen-bond acceptors (Lipinski definition) is 3. The highest BCUT2D eigenvalue weighted by atomic mass is 19.4. The Labute approximate surface area is 81.5 Å². The van der Waals surface area contributed by atoms with Gasteiger partial charge < -0.3 is 15.7 Å². The van der Waals surface area contributed by atoms with Gasteiger partial charge in [0.05, 0.1) is 11.6 Å². The van der Waals surface area contributed by atoms with Crippen molar-refractivity contribution in [2.24, 2.45) is 5.73 Å². The molecule has 0 spiro atoms. The molecule has 0 aliphatic heterocycles. The van der Waals surface area contributed by atoms with E-state index in [9.17, 15) is 23.2 Å². The molecule has 1 amide bonds. The fourth-order valence-corrected chi connectivity index (χ4v) is 0.820. The van der Waals surface area contributed by atoms with E-state index in [1.54, 1.807) is 0 Å². The smallest absolute Gasteiger partial charge is 0.417 e. The highest BCUT2D eigenvalue weighted by molar-refractivity contribution is 5.67. The molecule has 1 aromatic heterocycles. The zero-order chi connectivity index (χ0) is 11.6. The van der Waals surface area contributed by atoms with Gasteiger partial charge in [-0.25, -0.2) is 4.79 Å². The fraction of sp³-hybridized carbons (Fsp3) is 0.143. The Morgan fingerprint density at radius 1 is 1.53 bits per heavy atom. The topological polar surface area (TPSA) is 79.3 Å². The zero-order valence-electron chi connectivity index (χ0n) is 7.12. The maximum Gasteiger partial charge on any atom is 0.417 e. The number of amides is 1. The monoisotopic (exact) mass is 222 g/mol. The summed E-state index contributed by atoms with van der Waals surface area (Å²) >= 11 is 0. The minimum atomic E-state index is -4.62. The van der Waals surface area contributed by atoms with Crippen molar-refractivity contribution in [1.29, 1.82) is 0 Å². The second-order valence-corrected chi connectivity index (χ2v) is 2.50. The second kappa shape index (κ2) is 3.64. The van der Waals surface area contributed by atoms with E-state index >= 15 is 0 Å². The average Bonchev–Trinajstić information content (AvgIpc) is 2.06. The van der Waals surface area contributed by atoms with E-state index < -0.39 is 23.7 Å². The van der Waals surface area contributed by atoms with E-state index in [0.717, 1.165) is 0 Å². The third-order valence-electron chi connectivity index (χ3n) is 1.42. The molecule has 8 heteroatoms. The van der Waals surface area contributed by atoms with Crippen LogP contribution in [-0.4, -0.2) is 6.09 Å². The quantitative estimate of drug-likeness (QED) is 0.563. The molecule has 0 unspecified atom stereocenters. The molecule has 1 aromatic rings. The minimum absolute atomic E-state index is 0.0417. The lowest BCUT2D eigenvalue weighted by molar-refractivity contribution is -0.610.